The van der Waals surface area contributed by atoms with Crippen LogP contribution in [0, 0.1) is 0 Å². The maximum absolute atomic E-state index is 12.5. The van der Waals surface area contributed by atoms with E-state index in [0.29, 0.717) is 12.8 Å². The molecule has 21 heavy (non-hydrogen) atoms. The highest BCUT2D eigenvalue weighted by atomic mass is 32.2. The van der Waals surface area contributed by atoms with Gasteiger partial charge in [-0.3, -0.25) is 4.68 Å². The highest BCUT2D eigenvalue weighted by Crippen LogP contribution is 2.28. The van der Waals surface area contributed by atoms with Crippen molar-refractivity contribution in [3.05, 3.63) is 12.4 Å². The van der Waals surface area contributed by atoms with Crippen LogP contribution in [-0.2, 0) is 17.1 Å². The number of nitrogens with two attached hydrogens (primary N) is 1. The molecule has 0 atom stereocenters. The Hall–Kier alpha value is -0.990. The largest absolute Gasteiger partial charge is 0.392 e. The smallest absolute Gasteiger partial charge is 0.244 e. The lowest BCUT2D eigenvalue weighted by atomic mass is 9.85. The zero-order chi connectivity index (χ0) is 15.5. The van der Waals surface area contributed by atoms with Gasteiger partial charge in [0.15, 0.2) is 0 Å². The number of rotatable bonds is 4. The first kappa shape index (κ1) is 16.4. The first-order valence-electron chi connectivity index (χ1n) is 7.18. The Balaban J connectivity index is 2.28. The van der Waals surface area contributed by atoms with Crippen LogP contribution in [0.15, 0.2) is 17.3 Å². The van der Waals surface area contributed by atoms with Gasteiger partial charge in [-0.05, 0) is 12.8 Å². The van der Waals surface area contributed by atoms with Gasteiger partial charge in [0, 0.05) is 13.2 Å². The zero-order valence-corrected chi connectivity index (χ0v) is 13.8. The molecule has 1 aromatic rings. The molecule has 1 aliphatic carbocycles. The van der Waals surface area contributed by atoms with Crippen LogP contribution >= 0.6 is 12.2 Å². The highest BCUT2D eigenvalue weighted by molar-refractivity contribution is 7.89. The van der Waals surface area contributed by atoms with Crippen LogP contribution in [0.1, 0.15) is 44.9 Å². The molecule has 0 amide bonds. The molecule has 1 aromatic heterocycles. The van der Waals surface area contributed by atoms with E-state index in [9.17, 15) is 8.42 Å². The van der Waals surface area contributed by atoms with E-state index in [2.05, 4.69) is 9.82 Å². The number of nitrogens with one attached hydrogen (secondary N) is 1. The summed E-state index contributed by atoms with van der Waals surface area (Å²) in [6.07, 6.45) is 9.31. The second kappa shape index (κ2) is 6.41. The van der Waals surface area contributed by atoms with Crippen molar-refractivity contribution in [1.29, 1.82) is 0 Å². The van der Waals surface area contributed by atoms with Gasteiger partial charge >= 0.3 is 0 Å². The van der Waals surface area contributed by atoms with Crippen molar-refractivity contribution < 1.29 is 8.42 Å². The maximum Gasteiger partial charge on any atom is 0.244 e. The van der Waals surface area contributed by atoms with Gasteiger partial charge in [-0.15, -0.1) is 0 Å². The summed E-state index contributed by atoms with van der Waals surface area (Å²) in [5.41, 5.74) is 5.08. The summed E-state index contributed by atoms with van der Waals surface area (Å²) < 4.78 is 29.3. The van der Waals surface area contributed by atoms with Crippen molar-refractivity contribution in [3.63, 3.8) is 0 Å². The molecule has 0 bridgehead atoms. The molecule has 1 saturated carbocycles. The fraction of sp³-hybridized carbons (Fsp3) is 0.692. The molecule has 8 heteroatoms. The minimum absolute atomic E-state index is 0.141. The lowest BCUT2D eigenvalue weighted by Crippen LogP contribution is -2.56. The summed E-state index contributed by atoms with van der Waals surface area (Å²) in [6, 6.07) is 0. The molecule has 1 fully saturated rings. The minimum Gasteiger partial charge on any atom is -0.392 e. The predicted octanol–water partition coefficient (Wildman–Crippen LogP) is 1.47. The van der Waals surface area contributed by atoms with Crippen molar-refractivity contribution in [2.24, 2.45) is 12.8 Å². The fourth-order valence-electron chi connectivity index (χ4n) is 2.76. The van der Waals surface area contributed by atoms with Gasteiger partial charge in [-0.25, -0.2) is 8.42 Å². The highest BCUT2D eigenvalue weighted by Gasteiger charge is 2.38. The summed E-state index contributed by atoms with van der Waals surface area (Å²) >= 11 is 5.19. The predicted molar refractivity (Wildman–Crippen MR) is 85.4 cm³/mol. The Morgan fingerprint density at radius 1 is 1.33 bits per heavy atom. The second-order valence-corrected chi connectivity index (χ2v) is 7.79. The molecular formula is C13H22N4O2S2. The first-order chi connectivity index (χ1) is 9.86. The molecule has 1 heterocycles. The van der Waals surface area contributed by atoms with Crippen LogP contribution < -0.4 is 10.5 Å². The van der Waals surface area contributed by atoms with Gasteiger partial charge in [0.05, 0.1) is 16.7 Å². The van der Waals surface area contributed by atoms with Crippen LogP contribution in [0.5, 0.6) is 0 Å². The second-order valence-electron chi connectivity index (χ2n) is 5.67. The van der Waals surface area contributed by atoms with E-state index in [0.717, 1.165) is 25.7 Å². The van der Waals surface area contributed by atoms with Gasteiger partial charge in [0.25, 0.3) is 0 Å². The van der Waals surface area contributed by atoms with E-state index >= 15 is 0 Å². The van der Waals surface area contributed by atoms with Crippen molar-refractivity contribution in [2.45, 2.75) is 55.4 Å². The van der Waals surface area contributed by atoms with Gasteiger partial charge in [0.2, 0.25) is 10.0 Å². The van der Waals surface area contributed by atoms with E-state index in [1.165, 1.54) is 23.5 Å². The normalized spacial score (nSPS) is 19.7. The Kier molecular flexibility index (Phi) is 5.00. The molecule has 118 valence electrons. The summed E-state index contributed by atoms with van der Waals surface area (Å²) in [6.45, 7) is 0. The number of hydrogen-bond acceptors (Lipinski definition) is 4. The summed E-state index contributed by atoms with van der Waals surface area (Å²) in [7, 11) is -1.99. The van der Waals surface area contributed by atoms with Crippen molar-refractivity contribution in [2.75, 3.05) is 0 Å². The van der Waals surface area contributed by atoms with Crippen molar-refractivity contribution in [3.8, 4) is 0 Å². The molecule has 0 spiro atoms. The number of aryl methyl sites for hydroxylation is 1. The standard InChI is InChI=1S/C13H22N4O2S2/c1-17-10-11(9-15-17)21(18,19)16-13(12(14)20)7-5-3-2-4-6-8-13/h9-10,16H,2-8H2,1H3,(H2,14,20). The lowest BCUT2D eigenvalue weighted by molar-refractivity contribution is 0.372. The van der Waals surface area contributed by atoms with E-state index in [4.69, 9.17) is 18.0 Å². The molecule has 3 N–H and O–H groups in total. The summed E-state index contributed by atoms with van der Waals surface area (Å²) in [4.78, 5) is 0.375. The molecule has 6 nitrogen and oxygen atoms in total. The molecule has 0 radical (unpaired) electrons. The molecule has 0 saturated heterocycles. The Morgan fingerprint density at radius 3 is 2.38 bits per heavy atom. The third-order valence-corrected chi connectivity index (χ3v) is 5.88. The first-order valence-corrected chi connectivity index (χ1v) is 9.07. The quantitative estimate of drug-likeness (QED) is 0.816. The lowest BCUT2D eigenvalue weighted by Gasteiger charge is -2.34. The molecule has 0 aromatic carbocycles. The number of sulfonamides is 1. The zero-order valence-electron chi connectivity index (χ0n) is 12.2. The van der Waals surface area contributed by atoms with Gasteiger partial charge in [0.1, 0.15) is 4.90 Å². The van der Waals surface area contributed by atoms with Crippen LogP contribution in [0.2, 0.25) is 0 Å². The van der Waals surface area contributed by atoms with E-state index in [1.807, 2.05) is 0 Å². The third kappa shape index (κ3) is 3.81. The number of aromatic nitrogens is 2. The molecule has 1 aliphatic rings. The number of nitrogens with zero attached hydrogens (tertiary/aromatic N) is 2. The van der Waals surface area contributed by atoms with Crippen LogP contribution in [0.4, 0.5) is 0 Å². The molecule has 0 unspecified atom stereocenters. The molecule has 2 rings (SSSR count). The van der Waals surface area contributed by atoms with Gasteiger partial charge in [-0.2, -0.15) is 9.82 Å². The number of hydrogen-bond donors (Lipinski definition) is 2. The van der Waals surface area contributed by atoms with Gasteiger partial charge in [-0.1, -0.05) is 44.3 Å². The minimum atomic E-state index is -3.67. The fourth-order valence-corrected chi connectivity index (χ4v) is 4.50. The average Bonchev–Trinajstić information content (AvgIpc) is 2.80. The molecular weight excluding hydrogens is 308 g/mol. The van der Waals surface area contributed by atoms with Crippen molar-refractivity contribution >= 4 is 27.2 Å². The Morgan fingerprint density at radius 2 is 1.90 bits per heavy atom. The molecule has 0 aliphatic heterocycles. The van der Waals surface area contributed by atoms with Crippen LogP contribution in [0.25, 0.3) is 0 Å². The van der Waals surface area contributed by atoms with E-state index in [-0.39, 0.29) is 9.88 Å². The van der Waals surface area contributed by atoms with E-state index in [1.54, 1.807) is 7.05 Å². The van der Waals surface area contributed by atoms with E-state index < -0.39 is 15.6 Å². The van der Waals surface area contributed by atoms with Crippen molar-refractivity contribution in [1.82, 2.24) is 14.5 Å². The van der Waals surface area contributed by atoms with Crippen LogP contribution in [-0.4, -0.2) is 28.7 Å². The summed E-state index contributed by atoms with van der Waals surface area (Å²) in [5.74, 6) is 0. The topological polar surface area (TPSA) is 90.0 Å². The number of thiocarbonyl (C=S) groups is 1. The van der Waals surface area contributed by atoms with Crippen LogP contribution in [0.3, 0.4) is 0 Å². The third-order valence-electron chi connectivity index (χ3n) is 4.00. The Labute approximate surface area is 131 Å². The van der Waals surface area contributed by atoms with Gasteiger partial charge < -0.3 is 5.73 Å². The average molecular weight is 330 g/mol. The SMILES string of the molecule is Cn1cc(S(=O)(=O)NC2(C(N)=S)CCCCCCC2)cn1. The summed E-state index contributed by atoms with van der Waals surface area (Å²) in [5, 5.41) is 3.91. The maximum atomic E-state index is 12.5. The monoisotopic (exact) mass is 330 g/mol. The Bertz CT molecular complexity index is 601.